The monoisotopic (exact) mass is 436 g/mol. The van der Waals surface area contributed by atoms with Gasteiger partial charge < -0.3 is 16.2 Å². The molecule has 3 aromatic heterocycles. The lowest BCUT2D eigenvalue weighted by Gasteiger charge is -2.37. The minimum Gasteiger partial charge on any atom is -0.495 e. The standard InChI is InChI=1S/C23H28N6OS/c1-14-7-15-9-19(31-21(15)18(8-14)30-3)17-10-16(29-20(17)22(24)26-13-27-29)11-28-6-4-5-23(2,25)12-28/h7-10,13H,4-6,11-12,25H2,1-3H3,(H2,24,26,27)/t23-/m0/s1. The van der Waals surface area contributed by atoms with Crippen LogP contribution in [0.1, 0.15) is 31.0 Å². The number of thiophene rings is 1. The van der Waals surface area contributed by atoms with Crippen LogP contribution in [-0.4, -0.2) is 45.2 Å². The maximum atomic E-state index is 6.43. The van der Waals surface area contributed by atoms with Crippen molar-refractivity contribution in [1.29, 1.82) is 0 Å². The van der Waals surface area contributed by atoms with E-state index in [1.807, 2.05) is 4.52 Å². The molecule has 1 aliphatic heterocycles. The Bertz CT molecular complexity index is 1270. The van der Waals surface area contributed by atoms with Crippen molar-refractivity contribution < 1.29 is 4.74 Å². The van der Waals surface area contributed by atoms with Crippen LogP contribution in [0.3, 0.4) is 0 Å². The van der Waals surface area contributed by atoms with Crippen molar-refractivity contribution in [2.75, 3.05) is 25.9 Å². The summed E-state index contributed by atoms with van der Waals surface area (Å²) in [6, 6.07) is 8.67. The predicted octanol–water partition coefficient (Wildman–Crippen LogP) is 3.82. The number of fused-ring (bicyclic) bond motifs is 2. The molecule has 1 aromatic carbocycles. The van der Waals surface area contributed by atoms with E-state index >= 15 is 0 Å². The van der Waals surface area contributed by atoms with E-state index in [1.54, 1.807) is 18.4 Å². The van der Waals surface area contributed by atoms with Gasteiger partial charge in [-0.2, -0.15) is 5.10 Å². The van der Waals surface area contributed by atoms with Gasteiger partial charge in [-0.05, 0) is 62.4 Å². The maximum Gasteiger partial charge on any atom is 0.152 e. The van der Waals surface area contributed by atoms with E-state index in [0.717, 1.165) is 64.6 Å². The van der Waals surface area contributed by atoms with Crippen molar-refractivity contribution in [3.8, 4) is 16.2 Å². The Hall–Kier alpha value is -2.68. The quantitative estimate of drug-likeness (QED) is 0.505. The van der Waals surface area contributed by atoms with Gasteiger partial charge in [-0.3, -0.25) is 4.90 Å². The van der Waals surface area contributed by atoms with Crippen molar-refractivity contribution in [3.05, 3.63) is 41.9 Å². The number of nitrogens with zero attached hydrogens (tertiary/aromatic N) is 4. The molecule has 0 spiro atoms. The highest BCUT2D eigenvalue weighted by atomic mass is 32.1. The Kier molecular flexibility index (Phi) is 4.88. The van der Waals surface area contributed by atoms with Gasteiger partial charge in [0, 0.05) is 29.1 Å². The van der Waals surface area contributed by atoms with Crippen molar-refractivity contribution >= 4 is 32.8 Å². The first-order valence-corrected chi connectivity index (χ1v) is 11.4. The fraction of sp³-hybridized carbons (Fsp3) is 0.391. The van der Waals surface area contributed by atoms with Crippen LogP contribution in [0.15, 0.2) is 30.6 Å². The highest BCUT2D eigenvalue weighted by Crippen LogP contribution is 2.42. The number of methoxy groups -OCH3 is 1. The van der Waals surface area contributed by atoms with E-state index < -0.39 is 0 Å². The van der Waals surface area contributed by atoms with Crippen LogP contribution in [0.5, 0.6) is 5.75 Å². The van der Waals surface area contributed by atoms with Gasteiger partial charge in [0.05, 0.1) is 17.5 Å². The number of nitrogens with two attached hydrogens (primary N) is 2. The zero-order valence-corrected chi connectivity index (χ0v) is 19.0. The molecule has 8 heteroatoms. The average molecular weight is 437 g/mol. The molecular formula is C23H28N6OS. The molecule has 5 rings (SSSR count). The molecule has 31 heavy (non-hydrogen) atoms. The van der Waals surface area contributed by atoms with E-state index in [1.165, 1.54) is 17.3 Å². The number of anilines is 1. The van der Waals surface area contributed by atoms with Crippen LogP contribution in [0, 0.1) is 6.92 Å². The molecule has 7 nitrogen and oxygen atoms in total. The zero-order valence-electron chi connectivity index (χ0n) is 18.2. The molecule has 1 fully saturated rings. The van der Waals surface area contributed by atoms with Crippen LogP contribution in [-0.2, 0) is 6.54 Å². The summed E-state index contributed by atoms with van der Waals surface area (Å²) < 4.78 is 8.70. The van der Waals surface area contributed by atoms with Gasteiger partial charge in [0.2, 0.25) is 0 Å². The summed E-state index contributed by atoms with van der Waals surface area (Å²) in [4.78, 5) is 7.81. The van der Waals surface area contributed by atoms with Crippen LogP contribution in [0.4, 0.5) is 5.82 Å². The smallest absolute Gasteiger partial charge is 0.152 e. The van der Waals surface area contributed by atoms with Crippen LogP contribution < -0.4 is 16.2 Å². The Morgan fingerprint density at radius 1 is 1.26 bits per heavy atom. The van der Waals surface area contributed by atoms with Gasteiger partial charge in [0.25, 0.3) is 0 Å². The Morgan fingerprint density at radius 3 is 2.87 bits per heavy atom. The molecule has 4 heterocycles. The predicted molar refractivity (Wildman–Crippen MR) is 127 cm³/mol. The Labute approximate surface area is 185 Å². The lowest BCUT2D eigenvalue weighted by atomic mass is 9.92. The van der Waals surface area contributed by atoms with E-state index in [2.05, 4.69) is 53.1 Å². The molecule has 0 amide bonds. The first-order valence-electron chi connectivity index (χ1n) is 10.6. The summed E-state index contributed by atoms with van der Waals surface area (Å²) in [5.74, 6) is 1.38. The van der Waals surface area contributed by atoms with Crippen LogP contribution >= 0.6 is 11.3 Å². The third-order valence-electron chi connectivity index (χ3n) is 6.06. The second-order valence-corrected chi connectivity index (χ2v) is 9.97. The summed E-state index contributed by atoms with van der Waals surface area (Å²) in [7, 11) is 1.72. The summed E-state index contributed by atoms with van der Waals surface area (Å²) in [5, 5.41) is 5.71. The van der Waals surface area contributed by atoms with Gasteiger partial charge >= 0.3 is 0 Å². The normalized spacial score (nSPS) is 20.0. The number of nitrogen functional groups attached to an aromatic ring is 1. The van der Waals surface area contributed by atoms with Crippen LogP contribution in [0.2, 0.25) is 0 Å². The fourth-order valence-corrected chi connectivity index (χ4v) is 5.87. The highest BCUT2D eigenvalue weighted by molar-refractivity contribution is 7.22. The first kappa shape index (κ1) is 20.2. The molecule has 4 N–H and O–H groups in total. The van der Waals surface area contributed by atoms with Gasteiger partial charge in [0.1, 0.15) is 17.6 Å². The molecule has 1 saturated heterocycles. The number of hydrogen-bond donors (Lipinski definition) is 2. The second kappa shape index (κ2) is 7.47. The van der Waals surface area contributed by atoms with Crippen molar-refractivity contribution in [2.45, 2.75) is 38.8 Å². The number of aryl methyl sites for hydroxylation is 1. The lowest BCUT2D eigenvalue weighted by molar-refractivity contribution is 0.151. The molecule has 1 aliphatic rings. The summed E-state index contributed by atoms with van der Waals surface area (Å²) in [6.45, 7) is 6.90. The highest BCUT2D eigenvalue weighted by Gasteiger charge is 2.28. The first-order chi connectivity index (χ1) is 14.8. The molecule has 0 radical (unpaired) electrons. The van der Waals surface area contributed by atoms with E-state index in [9.17, 15) is 0 Å². The zero-order chi connectivity index (χ0) is 21.8. The van der Waals surface area contributed by atoms with Crippen molar-refractivity contribution in [1.82, 2.24) is 19.5 Å². The summed E-state index contributed by atoms with van der Waals surface area (Å²) in [6.07, 6.45) is 3.69. The molecule has 4 aromatic rings. The molecule has 0 bridgehead atoms. The van der Waals surface area contributed by atoms with Gasteiger partial charge in [0.15, 0.2) is 5.82 Å². The third kappa shape index (κ3) is 3.64. The third-order valence-corrected chi connectivity index (χ3v) is 7.26. The van der Waals surface area contributed by atoms with Gasteiger partial charge in [-0.1, -0.05) is 6.07 Å². The van der Waals surface area contributed by atoms with E-state index in [0.29, 0.717) is 5.82 Å². The van der Waals surface area contributed by atoms with Crippen molar-refractivity contribution in [2.24, 2.45) is 5.73 Å². The van der Waals surface area contributed by atoms with Gasteiger partial charge in [-0.25, -0.2) is 9.50 Å². The number of hydrogen-bond acceptors (Lipinski definition) is 7. The molecule has 162 valence electrons. The van der Waals surface area contributed by atoms with E-state index in [-0.39, 0.29) is 5.54 Å². The van der Waals surface area contributed by atoms with Crippen molar-refractivity contribution in [3.63, 3.8) is 0 Å². The summed E-state index contributed by atoms with van der Waals surface area (Å²) >= 11 is 1.71. The topological polar surface area (TPSA) is 94.7 Å². The number of rotatable bonds is 4. The molecular weight excluding hydrogens is 408 g/mol. The fourth-order valence-electron chi connectivity index (χ4n) is 4.72. The number of benzene rings is 1. The number of piperidine rings is 1. The number of aromatic nitrogens is 3. The van der Waals surface area contributed by atoms with Gasteiger partial charge in [-0.15, -0.1) is 11.3 Å². The minimum absolute atomic E-state index is 0.151. The Balaban J connectivity index is 1.62. The molecule has 0 saturated carbocycles. The summed E-state index contributed by atoms with van der Waals surface area (Å²) in [5.41, 5.74) is 16.8. The molecule has 1 atom stereocenters. The van der Waals surface area contributed by atoms with E-state index in [4.69, 9.17) is 16.2 Å². The van der Waals surface area contributed by atoms with Crippen LogP contribution in [0.25, 0.3) is 26.0 Å². The second-order valence-electron chi connectivity index (χ2n) is 8.92. The lowest BCUT2D eigenvalue weighted by Crippen LogP contribution is -2.51. The average Bonchev–Trinajstić information content (AvgIpc) is 3.29. The SMILES string of the molecule is COc1cc(C)cc2cc(-c3cc(CN4CCC[C@](C)(N)C4)n4ncnc(N)c34)sc12. The largest absolute Gasteiger partial charge is 0.495 e. The minimum atomic E-state index is -0.151. The molecule has 0 unspecified atom stereocenters. The molecule has 0 aliphatic carbocycles. The maximum absolute atomic E-state index is 6.43. The Morgan fingerprint density at radius 2 is 2.10 bits per heavy atom. The number of ether oxygens (including phenoxy) is 1. The number of likely N-dealkylation sites (tertiary alicyclic amines) is 1.